The van der Waals surface area contributed by atoms with Crippen LogP contribution in [0.15, 0.2) is 24.3 Å². The molecule has 1 aromatic carbocycles. The van der Waals surface area contributed by atoms with Gasteiger partial charge in [-0.25, -0.2) is 0 Å². The molecule has 0 unspecified atom stereocenters. The van der Waals surface area contributed by atoms with Crippen molar-refractivity contribution in [2.75, 3.05) is 0 Å². The lowest BCUT2D eigenvalue weighted by Crippen LogP contribution is -2.42. The van der Waals surface area contributed by atoms with Gasteiger partial charge in [-0.3, -0.25) is 10.1 Å². The predicted molar refractivity (Wildman–Crippen MR) is 51.0 cm³/mol. The van der Waals surface area contributed by atoms with E-state index in [2.05, 4.69) is 11.4 Å². The monoisotopic (exact) mass is 189 g/mol. The summed E-state index contributed by atoms with van der Waals surface area (Å²) in [6.07, 6.45) is 0.735. The van der Waals surface area contributed by atoms with Crippen molar-refractivity contribution in [3.05, 3.63) is 35.4 Å². The molecular weight excluding hydrogens is 178 g/mol. The standard InChI is InChI=1S/C11H11NO2/c13-10(14)11-5-9(11)8-4-2-1-3-7(8)6-12-11/h1-4,9,12H,5-6H2,(H,13,14)/t9-,11-/m0/s1. The zero-order valence-electron chi connectivity index (χ0n) is 7.66. The summed E-state index contributed by atoms with van der Waals surface area (Å²) in [4.78, 5) is 11.1. The lowest BCUT2D eigenvalue weighted by Gasteiger charge is -2.22. The number of carbonyl (C=O) groups is 1. The van der Waals surface area contributed by atoms with Crippen molar-refractivity contribution >= 4 is 5.97 Å². The molecule has 2 atom stereocenters. The van der Waals surface area contributed by atoms with Crippen molar-refractivity contribution in [2.45, 2.75) is 24.4 Å². The number of carboxylic acid groups (broad SMARTS) is 1. The third-order valence-corrected chi connectivity index (χ3v) is 3.37. The smallest absolute Gasteiger partial charge is 0.324 e. The molecule has 1 aromatic rings. The van der Waals surface area contributed by atoms with Gasteiger partial charge in [0.05, 0.1) is 0 Å². The van der Waals surface area contributed by atoms with Gasteiger partial charge in [0, 0.05) is 12.5 Å². The molecule has 1 heterocycles. The molecule has 2 aliphatic rings. The van der Waals surface area contributed by atoms with Crippen LogP contribution in [0.25, 0.3) is 0 Å². The van der Waals surface area contributed by atoms with Gasteiger partial charge in [-0.05, 0) is 17.5 Å². The van der Waals surface area contributed by atoms with Gasteiger partial charge in [0.25, 0.3) is 0 Å². The van der Waals surface area contributed by atoms with Gasteiger partial charge in [0.2, 0.25) is 0 Å². The van der Waals surface area contributed by atoms with Crippen molar-refractivity contribution in [1.29, 1.82) is 0 Å². The van der Waals surface area contributed by atoms with E-state index < -0.39 is 11.5 Å². The third kappa shape index (κ3) is 0.826. The number of hydrogen-bond acceptors (Lipinski definition) is 2. The summed E-state index contributed by atoms with van der Waals surface area (Å²) in [7, 11) is 0. The summed E-state index contributed by atoms with van der Waals surface area (Å²) >= 11 is 0. The molecule has 1 aliphatic heterocycles. The molecule has 1 saturated carbocycles. The summed E-state index contributed by atoms with van der Waals surface area (Å²) in [5, 5.41) is 12.2. The van der Waals surface area contributed by atoms with Crippen molar-refractivity contribution in [2.24, 2.45) is 0 Å². The van der Waals surface area contributed by atoms with Crippen molar-refractivity contribution in [3.8, 4) is 0 Å². The van der Waals surface area contributed by atoms with Gasteiger partial charge in [-0.1, -0.05) is 24.3 Å². The summed E-state index contributed by atoms with van der Waals surface area (Å²) in [6.45, 7) is 0.680. The highest BCUT2D eigenvalue weighted by Gasteiger charge is 2.63. The van der Waals surface area contributed by atoms with Crippen LogP contribution in [-0.4, -0.2) is 16.6 Å². The highest BCUT2D eigenvalue weighted by molar-refractivity contribution is 5.86. The fourth-order valence-electron chi connectivity index (χ4n) is 2.43. The van der Waals surface area contributed by atoms with Crippen LogP contribution in [0.3, 0.4) is 0 Å². The fraction of sp³-hybridized carbons (Fsp3) is 0.364. The van der Waals surface area contributed by atoms with Crippen LogP contribution in [-0.2, 0) is 11.3 Å². The van der Waals surface area contributed by atoms with Gasteiger partial charge in [0.1, 0.15) is 5.54 Å². The van der Waals surface area contributed by atoms with Crippen LogP contribution in [0.5, 0.6) is 0 Å². The van der Waals surface area contributed by atoms with E-state index in [-0.39, 0.29) is 5.92 Å². The highest BCUT2D eigenvalue weighted by Crippen LogP contribution is 2.54. The summed E-state index contributed by atoms with van der Waals surface area (Å²) in [5.41, 5.74) is 1.81. The lowest BCUT2D eigenvalue weighted by molar-refractivity contribution is -0.141. The number of nitrogens with one attached hydrogen (secondary N) is 1. The van der Waals surface area contributed by atoms with E-state index in [1.54, 1.807) is 0 Å². The van der Waals surface area contributed by atoms with Gasteiger partial charge in [0.15, 0.2) is 0 Å². The van der Waals surface area contributed by atoms with E-state index in [0.29, 0.717) is 6.54 Å². The molecule has 3 rings (SSSR count). The first-order valence-electron chi connectivity index (χ1n) is 4.80. The van der Waals surface area contributed by atoms with Gasteiger partial charge < -0.3 is 5.11 Å². The molecule has 0 saturated heterocycles. The summed E-state index contributed by atoms with van der Waals surface area (Å²) in [5.74, 6) is -0.526. The molecular formula is C11H11NO2. The number of fused-ring (bicyclic) bond motifs is 3. The summed E-state index contributed by atoms with van der Waals surface area (Å²) < 4.78 is 0. The minimum absolute atomic E-state index is 0.185. The number of aliphatic carboxylic acids is 1. The van der Waals surface area contributed by atoms with E-state index in [1.807, 2.05) is 18.2 Å². The minimum Gasteiger partial charge on any atom is -0.480 e. The van der Waals surface area contributed by atoms with E-state index >= 15 is 0 Å². The van der Waals surface area contributed by atoms with Crippen LogP contribution in [0.1, 0.15) is 23.5 Å². The third-order valence-electron chi connectivity index (χ3n) is 3.37. The second-order valence-corrected chi connectivity index (χ2v) is 4.09. The Morgan fingerprint density at radius 2 is 2.29 bits per heavy atom. The molecule has 14 heavy (non-hydrogen) atoms. The quantitative estimate of drug-likeness (QED) is 0.695. The highest BCUT2D eigenvalue weighted by atomic mass is 16.4. The average molecular weight is 189 g/mol. The maximum Gasteiger partial charge on any atom is 0.324 e. The number of rotatable bonds is 1. The Balaban J connectivity index is 2.05. The molecule has 3 heteroatoms. The molecule has 0 amide bonds. The maximum absolute atomic E-state index is 11.1. The molecule has 3 nitrogen and oxygen atoms in total. The molecule has 1 fully saturated rings. The molecule has 0 aromatic heterocycles. The second kappa shape index (κ2) is 2.36. The predicted octanol–water partition coefficient (Wildman–Crippen LogP) is 1.10. The van der Waals surface area contributed by atoms with Crippen LogP contribution < -0.4 is 5.32 Å². The maximum atomic E-state index is 11.1. The zero-order valence-corrected chi connectivity index (χ0v) is 7.66. The van der Waals surface area contributed by atoms with Crippen molar-refractivity contribution in [1.82, 2.24) is 5.32 Å². The normalized spacial score (nSPS) is 33.0. The van der Waals surface area contributed by atoms with Gasteiger partial charge >= 0.3 is 5.97 Å². The fourth-order valence-corrected chi connectivity index (χ4v) is 2.43. The Morgan fingerprint density at radius 3 is 3.07 bits per heavy atom. The van der Waals surface area contributed by atoms with Crippen LogP contribution in [0, 0.1) is 0 Å². The molecule has 72 valence electrons. The minimum atomic E-state index is -0.711. The number of benzene rings is 1. The number of carboxylic acids is 1. The first-order valence-corrected chi connectivity index (χ1v) is 4.80. The topological polar surface area (TPSA) is 49.3 Å². The van der Waals surface area contributed by atoms with E-state index in [1.165, 1.54) is 11.1 Å². The first kappa shape index (κ1) is 8.00. The Kier molecular flexibility index (Phi) is 1.35. The SMILES string of the molecule is O=C(O)[C@]12C[C@H]1c1ccccc1CN2. The van der Waals surface area contributed by atoms with Crippen molar-refractivity contribution < 1.29 is 9.90 Å². The van der Waals surface area contributed by atoms with Gasteiger partial charge in [-0.2, -0.15) is 0 Å². The Bertz CT molecular complexity index is 416. The van der Waals surface area contributed by atoms with Crippen LogP contribution >= 0.6 is 0 Å². The second-order valence-electron chi connectivity index (χ2n) is 4.09. The van der Waals surface area contributed by atoms with E-state index in [0.717, 1.165) is 6.42 Å². The molecule has 2 N–H and O–H groups in total. The Morgan fingerprint density at radius 1 is 1.50 bits per heavy atom. The molecule has 1 aliphatic carbocycles. The first-order chi connectivity index (χ1) is 6.74. The largest absolute Gasteiger partial charge is 0.480 e. The molecule has 0 radical (unpaired) electrons. The van der Waals surface area contributed by atoms with Crippen LogP contribution in [0.2, 0.25) is 0 Å². The average Bonchev–Trinajstić information content (AvgIpc) is 2.94. The lowest BCUT2D eigenvalue weighted by atomic mass is 9.96. The Hall–Kier alpha value is -1.35. The summed E-state index contributed by atoms with van der Waals surface area (Å²) in [6, 6.07) is 8.09. The van der Waals surface area contributed by atoms with Gasteiger partial charge in [-0.15, -0.1) is 0 Å². The zero-order chi connectivity index (χ0) is 9.76. The van der Waals surface area contributed by atoms with Crippen LogP contribution in [0.4, 0.5) is 0 Å². The molecule has 0 spiro atoms. The van der Waals surface area contributed by atoms with E-state index in [9.17, 15) is 4.79 Å². The Labute approximate surface area is 81.8 Å². The van der Waals surface area contributed by atoms with E-state index in [4.69, 9.17) is 5.11 Å². The number of hydrogen-bond donors (Lipinski definition) is 2. The molecule has 0 bridgehead atoms. The van der Waals surface area contributed by atoms with Crippen molar-refractivity contribution in [3.63, 3.8) is 0 Å².